The average Bonchev–Trinajstić information content (AvgIpc) is 3.03. The summed E-state index contributed by atoms with van der Waals surface area (Å²) in [4.78, 5) is 13.6. The molecule has 3 rings (SSSR count). The maximum Gasteiger partial charge on any atom is 0.204 e. The van der Waals surface area contributed by atoms with E-state index >= 15 is 0 Å². The van der Waals surface area contributed by atoms with Gasteiger partial charge in [0.1, 0.15) is 12.3 Å². The summed E-state index contributed by atoms with van der Waals surface area (Å²) in [6.07, 6.45) is 0. The minimum atomic E-state index is -0.155. The Bertz CT molecular complexity index is 847. The monoisotopic (exact) mass is 328 g/mol. The van der Waals surface area contributed by atoms with Gasteiger partial charge in [-0.3, -0.25) is 4.79 Å². The van der Waals surface area contributed by atoms with Crippen LogP contribution >= 0.6 is 11.6 Å². The van der Waals surface area contributed by atoms with Gasteiger partial charge in [0, 0.05) is 10.6 Å². The topological polar surface area (TPSA) is 69.9 Å². The Kier molecular flexibility index (Phi) is 4.34. The highest BCUT2D eigenvalue weighted by Gasteiger charge is 2.14. The molecule has 0 saturated carbocycles. The summed E-state index contributed by atoms with van der Waals surface area (Å²) in [6, 6.07) is 14.2. The van der Waals surface area contributed by atoms with Gasteiger partial charge in [0.15, 0.2) is 5.78 Å². The van der Waals surface area contributed by atoms with Gasteiger partial charge in [-0.15, -0.1) is 10.2 Å². The lowest BCUT2D eigenvalue weighted by atomic mass is 10.1. The first-order valence-corrected chi connectivity index (χ1v) is 7.25. The van der Waals surface area contributed by atoms with Crippen molar-refractivity contribution in [1.82, 2.24) is 20.2 Å². The Hall–Kier alpha value is -2.73. The van der Waals surface area contributed by atoms with Gasteiger partial charge in [0.25, 0.3) is 0 Å². The highest BCUT2D eigenvalue weighted by molar-refractivity contribution is 6.30. The molecule has 0 bridgehead atoms. The molecule has 0 atom stereocenters. The third kappa shape index (κ3) is 3.37. The van der Waals surface area contributed by atoms with Gasteiger partial charge in [0.05, 0.1) is 12.7 Å². The molecule has 0 unspecified atom stereocenters. The molecule has 0 spiro atoms. The van der Waals surface area contributed by atoms with Crippen LogP contribution in [0.3, 0.4) is 0 Å². The number of methoxy groups -OCH3 is 1. The number of ketones is 1. The standard InChI is InChI=1S/C16H13ClN4O2/c1-23-15-8-3-2-7-13(15)14(22)10-21-19-16(18-20-21)11-5-4-6-12(17)9-11/h2-9H,10H2,1H3. The van der Waals surface area contributed by atoms with Crippen molar-refractivity contribution >= 4 is 17.4 Å². The number of halogens is 1. The van der Waals surface area contributed by atoms with Crippen molar-refractivity contribution in [2.45, 2.75) is 6.54 Å². The third-order valence-corrected chi connectivity index (χ3v) is 3.46. The maximum absolute atomic E-state index is 12.4. The molecule has 0 radical (unpaired) electrons. The van der Waals surface area contributed by atoms with Gasteiger partial charge in [-0.25, -0.2) is 0 Å². The molecule has 0 aliphatic heterocycles. The summed E-state index contributed by atoms with van der Waals surface area (Å²) in [6.45, 7) is -0.0199. The first-order chi connectivity index (χ1) is 11.2. The van der Waals surface area contributed by atoms with Crippen LogP contribution in [0.15, 0.2) is 48.5 Å². The average molecular weight is 329 g/mol. The summed E-state index contributed by atoms with van der Waals surface area (Å²) in [5, 5.41) is 12.7. The van der Waals surface area contributed by atoms with Gasteiger partial charge in [-0.1, -0.05) is 35.9 Å². The molecule has 1 heterocycles. The SMILES string of the molecule is COc1ccccc1C(=O)Cn1nnc(-c2cccc(Cl)c2)n1. The minimum Gasteiger partial charge on any atom is -0.496 e. The Morgan fingerprint density at radius 1 is 1.22 bits per heavy atom. The van der Waals surface area contributed by atoms with Gasteiger partial charge in [-0.2, -0.15) is 4.80 Å². The van der Waals surface area contributed by atoms with Crippen molar-refractivity contribution in [3.63, 3.8) is 0 Å². The van der Waals surface area contributed by atoms with Crippen LogP contribution in [0, 0.1) is 0 Å². The van der Waals surface area contributed by atoms with Gasteiger partial charge >= 0.3 is 0 Å². The first-order valence-electron chi connectivity index (χ1n) is 6.87. The maximum atomic E-state index is 12.4. The van der Waals surface area contributed by atoms with E-state index in [2.05, 4.69) is 15.4 Å². The molecular formula is C16H13ClN4O2. The predicted molar refractivity (Wildman–Crippen MR) is 85.6 cm³/mol. The van der Waals surface area contributed by atoms with E-state index in [1.54, 1.807) is 42.5 Å². The lowest BCUT2D eigenvalue weighted by molar-refractivity contribution is 0.0958. The molecule has 2 aromatic carbocycles. The highest BCUT2D eigenvalue weighted by Crippen LogP contribution is 2.20. The number of hydrogen-bond donors (Lipinski definition) is 0. The van der Waals surface area contributed by atoms with E-state index in [9.17, 15) is 4.79 Å². The number of aromatic nitrogens is 4. The number of hydrogen-bond acceptors (Lipinski definition) is 5. The van der Waals surface area contributed by atoms with Crippen molar-refractivity contribution in [3.05, 3.63) is 59.1 Å². The molecular weight excluding hydrogens is 316 g/mol. The molecule has 3 aromatic rings. The lowest BCUT2D eigenvalue weighted by Crippen LogP contribution is -2.14. The molecule has 0 fully saturated rings. The van der Waals surface area contributed by atoms with Crippen LogP contribution < -0.4 is 4.74 Å². The van der Waals surface area contributed by atoms with Crippen LogP contribution in [0.25, 0.3) is 11.4 Å². The Balaban J connectivity index is 1.80. The highest BCUT2D eigenvalue weighted by atomic mass is 35.5. The third-order valence-electron chi connectivity index (χ3n) is 3.23. The quantitative estimate of drug-likeness (QED) is 0.673. The van der Waals surface area contributed by atoms with E-state index in [1.165, 1.54) is 11.9 Å². The zero-order valence-electron chi connectivity index (χ0n) is 12.3. The van der Waals surface area contributed by atoms with Crippen molar-refractivity contribution in [2.75, 3.05) is 7.11 Å². The number of ether oxygens (including phenoxy) is 1. The zero-order valence-corrected chi connectivity index (χ0v) is 13.1. The Morgan fingerprint density at radius 3 is 2.83 bits per heavy atom. The van der Waals surface area contributed by atoms with E-state index < -0.39 is 0 Å². The number of benzene rings is 2. The van der Waals surface area contributed by atoms with Crippen LogP contribution in [0.1, 0.15) is 10.4 Å². The van der Waals surface area contributed by atoms with E-state index in [4.69, 9.17) is 16.3 Å². The van der Waals surface area contributed by atoms with Crippen LogP contribution in [0.2, 0.25) is 5.02 Å². The largest absolute Gasteiger partial charge is 0.496 e. The molecule has 1 aromatic heterocycles. The van der Waals surface area contributed by atoms with Crippen LogP contribution in [0.4, 0.5) is 0 Å². The smallest absolute Gasteiger partial charge is 0.204 e. The van der Waals surface area contributed by atoms with E-state index in [0.29, 0.717) is 22.2 Å². The van der Waals surface area contributed by atoms with E-state index in [1.807, 2.05) is 6.07 Å². The molecule has 0 N–H and O–H groups in total. The van der Waals surface area contributed by atoms with E-state index in [-0.39, 0.29) is 12.3 Å². The summed E-state index contributed by atoms with van der Waals surface area (Å²) in [5.41, 5.74) is 1.23. The molecule has 23 heavy (non-hydrogen) atoms. The molecule has 0 amide bonds. The molecule has 7 heteroatoms. The number of rotatable bonds is 5. The summed E-state index contributed by atoms with van der Waals surface area (Å²) in [5.74, 6) is 0.783. The molecule has 0 aliphatic rings. The fourth-order valence-electron chi connectivity index (χ4n) is 2.14. The second-order valence-corrected chi connectivity index (χ2v) is 5.21. The second-order valence-electron chi connectivity index (χ2n) is 4.78. The molecule has 6 nitrogen and oxygen atoms in total. The molecule has 0 aliphatic carbocycles. The second kappa shape index (κ2) is 6.58. The van der Waals surface area contributed by atoms with Crippen molar-refractivity contribution in [1.29, 1.82) is 0 Å². The fourth-order valence-corrected chi connectivity index (χ4v) is 2.33. The number of nitrogens with zero attached hydrogens (tertiary/aromatic N) is 4. The van der Waals surface area contributed by atoms with Crippen LogP contribution in [0.5, 0.6) is 5.75 Å². The predicted octanol–water partition coefficient (Wildman–Crippen LogP) is 2.89. The summed E-state index contributed by atoms with van der Waals surface area (Å²) < 4.78 is 5.19. The molecule has 0 saturated heterocycles. The Morgan fingerprint density at radius 2 is 2.04 bits per heavy atom. The Labute approximate surface area is 137 Å². The molecule has 116 valence electrons. The number of Topliss-reactive ketones (excluding diaryl/α,β-unsaturated/α-hetero) is 1. The first kappa shape index (κ1) is 15.2. The lowest BCUT2D eigenvalue weighted by Gasteiger charge is -2.06. The normalized spacial score (nSPS) is 10.5. The summed E-state index contributed by atoms with van der Waals surface area (Å²) >= 11 is 5.95. The van der Waals surface area contributed by atoms with Gasteiger partial charge in [0.2, 0.25) is 5.82 Å². The fraction of sp³-hybridized carbons (Fsp3) is 0.125. The van der Waals surface area contributed by atoms with Crippen molar-refractivity contribution < 1.29 is 9.53 Å². The zero-order chi connectivity index (χ0) is 16.2. The van der Waals surface area contributed by atoms with Crippen LogP contribution in [-0.4, -0.2) is 33.1 Å². The number of tetrazole rings is 1. The number of carbonyl (C=O) groups is 1. The summed E-state index contributed by atoms with van der Waals surface area (Å²) in [7, 11) is 1.52. The number of carbonyl (C=O) groups excluding carboxylic acids is 1. The van der Waals surface area contributed by atoms with E-state index in [0.717, 1.165) is 5.56 Å². The van der Waals surface area contributed by atoms with Crippen molar-refractivity contribution in [3.8, 4) is 17.1 Å². The van der Waals surface area contributed by atoms with Crippen molar-refractivity contribution in [2.24, 2.45) is 0 Å². The van der Waals surface area contributed by atoms with Gasteiger partial charge < -0.3 is 4.74 Å². The van der Waals surface area contributed by atoms with Crippen LogP contribution in [-0.2, 0) is 6.54 Å². The minimum absolute atomic E-state index is 0.0199. The van der Waals surface area contributed by atoms with Gasteiger partial charge in [-0.05, 0) is 29.5 Å². The number of para-hydroxylation sites is 1.